The molecule has 0 saturated heterocycles. The average Bonchev–Trinajstić information content (AvgIpc) is 2.89. The Morgan fingerprint density at radius 1 is 1.00 bits per heavy atom. The molecule has 180 valence electrons. The van der Waals surface area contributed by atoms with Crippen molar-refractivity contribution in [2.75, 3.05) is 25.3 Å². The Hall–Kier alpha value is -3.78. The number of anilines is 1. The molecule has 4 rings (SSSR count). The van der Waals surface area contributed by atoms with Crippen LogP contribution in [-0.2, 0) is 17.8 Å². The summed E-state index contributed by atoms with van der Waals surface area (Å²) in [5.41, 5.74) is 2.26. The second kappa shape index (κ2) is 11.6. The molecule has 1 aromatic heterocycles. The number of ether oxygens (including phenoxy) is 2. The molecule has 7 nitrogen and oxygen atoms in total. The fourth-order valence-electron chi connectivity index (χ4n) is 3.77. The van der Waals surface area contributed by atoms with Crippen LogP contribution in [0, 0.1) is 0 Å². The van der Waals surface area contributed by atoms with E-state index in [-0.39, 0.29) is 17.2 Å². The van der Waals surface area contributed by atoms with E-state index in [9.17, 15) is 9.59 Å². The minimum Gasteiger partial charge on any atom is -0.497 e. The van der Waals surface area contributed by atoms with Crippen molar-refractivity contribution in [3.8, 4) is 11.5 Å². The van der Waals surface area contributed by atoms with Gasteiger partial charge in [-0.1, -0.05) is 54.2 Å². The summed E-state index contributed by atoms with van der Waals surface area (Å²) in [4.78, 5) is 30.7. The summed E-state index contributed by atoms with van der Waals surface area (Å²) in [6.45, 7) is 0.513. The Morgan fingerprint density at radius 3 is 2.54 bits per heavy atom. The molecule has 0 bridgehead atoms. The molecule has 0 aliphatic rings. The van der Waals surface area contributed by atoms with Gasteiger partial charge < -0.3 is 14.8 Å². The highest BCUT2D eigenvalue weighted by Gasteiger charge is 2.15. The summed E-state index contributed by atoms with van der Waals surface area (Å²) in [5.74, 6) is 0.993. The summed E-state index contributed by atoms with van der Waals surface area (Å²) >= 11 is 1.24. The number of carbonyl (C=O) groups excluding carboxylic acids is 1. The molecule has 4 aromatic rings. The van der Waals surface area contributed by atoms with E-state index >= 15 is 0 Å². The van der Waals surface area contributed by atoms with Crippen LogP contribution >= 0.6 is 11.8 Å². The lowest BCUT2D eigenvalue weighted by atomic mass is 10.1. The van der Waals surface area contributed by atoms with Crippen LogP contribution in [0.25, 0.3) is 10.9 Å². The maximum atomic E-state index is 13.3. The normalized spacial score (nSPS) is 10.8. The predicted molar refractivity (Wildman–Crippen MR) is 140 cm³/mol. The van der Waals surface area contributed by atoms with Crippen LogP contribution in [0.4, 0.5) is 5.69 Å². The van der Waals surface area contributed by atoms with Crippen molar-refractivity contribution in [1.29, 1.82) is 0 Å². The average molecular weight is 490 g/mol. The third kappa shape index (κ3) is 6.02. The number of benzene rings is 3. The Balaban J connectivity index is 1.52. The summed E-state index contributed by atoms with van der Waals surface area (Å²) in [6.07, 6.45) is 1.63. The lowest BCUT2D eigenvalue weighted by molar-refractivity contribution is -0.113. The number of methoxy groups -OCH3 is 2. The van der Waals surface area contributed by atoms with E-state index in [0.29, 0.717) is 39.8 Å². The SMILES string of the molecule is COc1ccc(OC)c(NC(=O)CSc2nc3ccccc3c(=O)n2CCCc2ccccc2)c1. The first kappa shape index (κ1) is 24.3. The first-order chi connectivity index (χ1) is 17.1. The van der Waals surface area contributed by atoms with Crippen molar-refractivity contribution in [2.45, 2.75) is 24.5 Å². The number of carbonyl (C=O) groups is 1. The monoisotopic (exact) mass is 489 g/mol. The quantitative estimate of drug-likeness (QED) is 0.255. The molecule has 3 aromatic carbocycles. The molecule has 0 aliphatic heterocycles. The van der Waals surface area contributed by atoms with Crippen LogP contribution in [0.2, 0.25) is 0 Å². The Kier molecular flexibility index (Phi) is 8.05. The maximum Gasteiger partial charge on any atom is 0.262 e. The van der Waals surface area contributed by atoms with Crippen molar-refractivity contribution in [2.24, 2.45) is 0 Å². The number of aromatic nitrogens is 2. The van der Waals surface area contributed by atoms with Crippen molar-refractivity contribution < 1.29 is 14.3 Å². The Labute approximate surface area is 208 Å². The van der Waals surface area contributed by atoms with Gasteiger partial charge in [0.05, 0.1) is 36.6 Å². The molecule has 35 heavy (non-hydrogen) atoms. The molecular weight excluding hydrogens is 462 g/mol. The molecule has 8 heteroatoms. The van der Waals surface area contributed by atoms with Crippen LogP contribution < -0.4 is 20.3 Å². The van der Waals surface area contributed by atoms with Crippen molar-refractivity contribution >= 4 is 34.3 Å². The predicted octanol–water partition coefficient (Wildman–Crippen LogP) is 4.78. The van der Waals surface area contributed by atoms with Gasteiger partial charge in [-0.15, -0.1) is 0 Å². The fourth-order valence-corrected chi connectivity index (χ4v) is 4.59. The van der Waals surface area contributed by atoms with Crippen LogP contribution in [0.5, 0.6) is 11.5 Å². The van der Waals surface area contributed by atoms with E-state index in [1.165, 1.54) is 17.3 Å². The number of amides is 1. The number of rotatable bonds is 10. The Bertz CT molecular complexity index is 1370. The van der Waals surface area contributed by atoms with Gasteiger partial charge >= 0.3 is 0 Å². The van der Waals surface area contributed by atoms with Gasteiger partial charge in [0, 0.05) is 12.6 Å². The summed E-state index contributed by atoms with van der Waals surface area (Å²) in [7, 11) is 3.10. The van der Waals surface area contributed by atoms with Gasteiger partial charge in [0.2, 0.25) is 5.91 Å². The van der Waals surface area contributed by atoms with E-state index < -0.39 is 0 Å². The minimum atomic E-state index is -0.236. The highest BCUT2D eigenvalue weighted by atomic mass is 32.2. The number of hydrogen-bond donors (Lipinski definition) is 1. The van der Waals surface area contributed by atoms with Crippen molar-refractivity contribution in [3.63, 3.8) is 0 Å². The molecule has 1 N–H and O–H groups in total. The highest BCUT2D eigenvalue weighted by Crippen LogP contribution is 2.29. The first-order valence-corrected chi connectivity index (χ1v) is 12.3. The van der Waals surface area contributed by atoms with Gasteiger partial charge in [-0.2, -0.15) is 0 Å². The number of thioether (sulfide) groups is 1. The number of aryl methyl sites for hydroxylation is 1. The van der Waals surface area contributed by atoms with Crippen molar-refractivity contribution in [3.05, 3.63) is 88.7 Å². The van der Waals surface area contributed by atoms with Gasteiger partial charge in [-0.3, -0.25) is 14.2 Å². The molecular formula is C27H27N3O4S. The largest absolute Gasteiger partial charge is 0.497 e. The summed E-state index contributed by atoms with van der Waals surface area (Å²) < 4.78 is 12.3. The van der Waals surface area contributed by atoms with Gasteiger partial charge in [0.1, 0.15) is 11.5 Å². The smallest absolute Gasteiger partial charge is 0.262 e. The zero-order valence-corrected chi connectivity index (χ0v) is 20.5. The van der Waals surface area contributed by atoms with Crippen molar-refractivity contribution in [1.82, 2.24) is 9.55 Å². The van der Waals surface area contributed by atoms with Crippen LogP contribution in [0.1, 0.15) is 12.0 Å². The highest BCUT2D eigenvalue weighted by molar-refractivity contribution is 7.99. The lowest BCUT2D eigenvalue weighted by Gasteiger charge is -2.14. The van der Waals surface area contributed by atoms with E-state index in [0.717, 1.165) is 12.8 Å². The second-order valence-corrected chi connectivity index (χ2v) is 8.80. The molecule has 0 spiro atoms. The number of nitrogens with one attached hydrogen (secondary N) is 1. The standard InChI is InChI=1S/C27H27N3O4S/c1-33-20-14-15-24(34-2)23(17-20)28-25(31)18-35-27-29-22-13-7-6-12-21(22)26(32)30(27)16-8-11-19-9-4-3-5-10-19/h3-7,9-10,12-15,17H,8,11,16,18H2,1-2H3,(H,28,31). The lowest BCUT2D eigenvalue weighted by Crippen LogP contribution is -2.24. The summed E-state index contributed by atoms with van der Waals surface area (Å²) in [6, 6.07) is 22.6. The maximum absolute atomic E-state index is 13.3. The Morgan fingerprint density at radius 2 is 1.77 bits per heavy atom. The van der Waals surface area contributed by atoms with Gasteiger partial charge in [-0.25, -0.2) is 4.98 Å². The molecule has 0 fully saturated rings. The van der Waals surface area contributed by atoms with Gasteiger partial charge in [0.25, 0.3) is 5.56 Å². The number of hydrogen-bond acceptors (Lipinski definition) is 6. The van der Waals surface area contributed by atoms with E-state index in [1.54, 1.807) is 43.1 Å². The van der Waals surface area contributed by atoms with Gasteiger partial charge in [-0.05, 0) is 42.7 Å². The topological polar surface area (TPSA) is 82.5 Å². The minimum absolute atomic E-state index is 0.0871. The molecule has 0 radical (unpaired) electrons. The zero-order chi connectivity index (χ0) is 24.6. The third-order valence-electron chi connectivity index (χ3n) is 5.53. The van der Waals surface area contributed by atoms with E-state index in [4.69, 9.17) is 14.5 Å². The molecule has 1 heterocycles. The second-order valence-electron chi connectivity index (χ2n) is 7.86. The van der Waals surface area contributed by atoms with Crippen LogP contribution in [0.15, 0.2) is 82.7 Å². The van der Waals surface area contributed by atoms with Gasteiger partial charge in [0.15, 0.2) is 5.16 Å². The number of para-hydroxylation sites is 1. The molecule has 1 amide bonds. The molecule has 0 saturated carbocycles. The zero-order valence-electron chi connectivity index (χ0n) is 19.7. The molecule has 0 aliphatic carbocycles. The van der Waals surface area contributed by atoms with Crippen LogP contribution in [0.3, 0.4) is 0 Å². The molecule has 0 atom stereocenters. The number of nitrogens with zero attached hydrogens (tertiary/aromatic N) is 2. The van der Waals surface area contributed by atoms with E-state index in [2.05, 4.69) is 17.4 Å². The van der Waals surface area contributed by atoms with E-state index in [1.807, 2.05) is 36.4 Å². The van der Waals surface area contributed by atoms with Crippen LogP contribution in [-0.4, -0.2) is 35.4 Å². The number of fused-ring (bicyclic) bond motifs is 1. The third-order valence-corrected chi connectivity index (χ3v) is 6.51. The molecule has 0 unspecified atom stereocenters. The first-order valence-electron chi connectivity index (χ1n) is 11.3. The summed E-state index contributed by atoms with van der Waals surface area (Å²) in [5, 5.41) is 3.96. The fraction of sp³-hybridized carbons (Fsp3) is 0.222.